The molecule has 2 aliphatic rings. The third-order valence-electron chi connectivity index (χ3n) is 6.89. The lowest BCUT2D eigenvalue weighted by atomic mass is 10.0. The molecule has 0 amide bonds. The molecule has 2 N–H and O–H groups in total. The lowest BCUT2D eigenvalue weighted by Crippen LogP contribution is -2.45. The molecule has 2 saturated heterocycles. The fraction of sp³-hybridized carbons (Fsp3) is 0.480. The molecule has 8 heteroatoms. The molecule has 2 aliphatic heterocycles. The minimum Gasteiger partial charge on any atom is -0.367 e. The second kappa shape index (κ2) is 9.12. The monoisotopic (exact) mass is 470 g/mol. The van der Waals surface area contributed by atoms with Crippen LogP contribution in [0, 0.1) is 25.6 Å². The van der Waals surface area contributed by atoms with Crippen molar-refractivity contribution in [2.75, 3.05) is 63.1 Å². The Labute approximate surface area is 199 Å². The summed E-state index contributed by atoms with van der Waals surface area (Å²) in [5.41, 5.74) is 5.45. The quantitative estimate of drug-likeness (QED) is 0.572. The van der Waals surface area contributed by atoms with Crippen LogP contribution in [0.4, 0.5) is 16.0 Å². The molecule has 2 fully saturated rings. The molecule has 0 radical (unpaired) electrons. The van der Waals surface area contributed by atoms with E-state index in [2.05, 4.69) is 32.0 Å². The van der Waals surface area contributed by atoms with Gasteiger partial charge in [0.15, 0.2) is 0 Å². The van der Waals surface area contributed by atoms with Gasteiger partial charge in [-0.2, -0.15) is 0 Å². The van der Waals surface area contributed by atoms with Gasteiger partial charge in [0.1, 0.15) is 11.3 Å². The van der Waals surface area contributed by atoms with Gasteiger partial charge in [0.2, 0.25) is 5.95 Å². The molecule has 2 aromatic carbocycles. The Kier molecular flexibility index (Phi) is 6.20. The van der Waals surface area contributed by atoms with Crippen molar-refractivity contribution < 1.29 is 4.39 Å². The van der Waals surface area contributed by atoms with Gasteiger partial charge in [-0.3, -0.25) is 0 Å². The number of hydrogen-bond donors (Lipinski definition) is 2. The number of halogens is 2. The Morgan fingerprint density at radius 1 is 1.09 bits per heavy atom. The molecule has 3 heterocycles. The molecule has 176 valence electrons. The minimum absolute atomic E-state index is 0.134. The summed E-state index contributed by atoms with van der Waals surface area (Å²) < 4.78 is 16.4. The summed E-state index contributed by atoms with van der Waals surface area (Å²) in [5.74, 6) is 1.31. The molecular weight excluding hydrogens is 439 g/mol. The van der Waals surface area contributed by atoms with Crippen molar-refractivity contribution in [2.24, 2.45) is 5.92 Å². The highest BCUT2D eigenvalue weighted by molar-refractivity contribution is 6.31. The first-order chi connectivity index (χ1) is 15.9. The van der Waals surface area contributed by atoms with Crippen LogP contribution in [0.3, 0.4) is 0 Å². The summed E-state index contributed by atoms with van der Waals surface area (Å²) in [6, 6.07) is 7.90. The number of likely N-dealkylation sites (N-methyl/N-ethyl adjacent to an activating group) is 1. The van der Waals surface area contributed by atoms with Gasteiger partial charge in [-0.1, -0.05) is 23.7 Å². The average Bonchev–Trinajstić information content (AvgIpc) is 3.08. The molecule has 3 aromatic rings. The van der Waals surface area contributed by atoms with Crippen LogP contribution in [-0.4, -0.2) is 67.3 Å². The normalized spacial score (nSPS) is 17.5. The van der Waals surface area contributed by atoms with Gasteiger partial charge in [-0.05, 0) is 49.7 Å². The van der Waals surface area contributed by atoms with E-state index in [1.165, 1.54) is 0 Å². The second-order valence-electron chi connectivity index (χ2n) is 9.55. The average molecular weight is 471 g/mol. The van der Waals surface area contributed by atoms with E-state index in [-0.39, 0.29) is 5.82 Å². The molecule has 1 aromatic heterocycles. The van der Waals surface area contributed by atoms with Gasteiger partial charge < -0.3 is 25.0 Å². The van der Waals surface area contributed by atoms with Crippen LogP contribution in [0.2, 0.25) is 5.02 Å². The van der Waals surface area contributed by atoms with Crippen LogP contribution in [0.5, 0.6) is 0 Å². The minimum atomic E-state index is -0.134. The number of aromatic nitrogens is 2. The topological polar surface area (TPSA) is 48.4 Å². The van der Waals surface area contributed by atoms with Crippen LogP contribution in [0.15, 0.2) is 24.3 Å². The van der Waals surface area contributed by atoms with E-state index in [1.807, 2.05) is 38.1 Å². The highest BCUT2D eigenvalue weighted by Gasteiger charge is 2.23. The number of nitrogens with zero attached hydrogens (tertiary/aromatic N) is 4. The molecule has 0 saturated carbocycles. The SMILES string of the molecule is Cc1cc(Cn2c(NCC3CNC3)nc3c(N4CCN(C)CC4)cc(Cl)cc32)cc(C)c1F. The number of anilines is 2. The van der Waals surface area contributed by atoms with Gasteiger partial charge in [-0.25, -0.2) is 9.37 Å². The van der Waals surface area contributed by atoms with Gasteiger partial charge in [0.25, 0.3) is 0 Å². The summed E-state index contributed by atoms with van der Waals surface area (Å²) in [7, 11) is 2.16. The zero-order valence-electron chi connectivity index (χ0n) is 19.6. The van der Waals surface area contributed by atoms with Crippen molar-refractivity contribution in [2.45, 2.75) is 20.4 Å². The maximum absolute atomic E-state index is 14.3. The van der Waals surface area contributed by atoms with E-state index in [9.17, 15) is 4.39 Å². The first kappa shape index (κ1) is 22.4. The molecule has 6 nitrogen and oxygen atoms in total. The number of nitrogens with one attached hydrogen (secondary N) is 2. The molecule has 33 heavy (non-hydrogen) atoms. The fourth-order valence-corrected chi connectivity index (χ4v) is 5.00. The second-order valence-corrected chi connectivity index (χ2v) is 9.99. The van der Waals surface area contributed by atoms with E-state index < -0.39 is 0 Å². The summed E-state index contributed by atoms with van der Waals surface area (Å²) in [6.45, 7) is 11.1. The Morgan fingerprint density at radius 3 is 2.42 bits per heavy atom. The lowest BCUT2D eigenvalue weighted by Gasteiger charge is -2.34. The van der Waals surface area contributed by atoms with Crippen molar-refractivity contribution in [3.8, 4) is 0 Å². The van der Waals surface area contributed by atoms with Crippen LogP contribution < -0.4 is 15.5 Å². The van der Waals surface area contributed by atoms with Crippen molar-refractivity contribution in [1.82, 2.24) is 19.8 Å². The van der Waals surface area contributed by atoms with Crippen LogP contribution in [0.25, 0.3) is 11.0 Å². The van der Waals surface area contributed by atoms with Gasteiger partial charge in [-0.15, -0.1) is 0 Å². The summed E-state index contributed by atoms with van der Waals surface area (Å²) >= 11 is 6.63. The first-order valence-corrected chi connectivity index (χ1v) is 12.1. The van der Waals surface area contributed by atoms with Crippen LogP contribution in [-0.2, 0) is 6.54 Å². The Hall–Kier alpha value is -2.35. The standard InChI is InChI=1S/C25H32ClFN6/c1-16-8-18(9-17(2)23(16)27)15-33-22-11-20(26)10-21(32-6-4-31(3)5-7-32)24(22)30-25(33)29-14-19-12-28-13-19/h8-11,19,28H,4-7,12-15H2,1-3H3,(H,29,30). The Balaban J connectivity index is 1.57. The van der Waals surface area contributed by atoms with Gasteiger partial charge in [0.05, 0.1) is 17.7 Å². The summed E-state index contributed by atoms with van der Waals surface area (Å²) in [5, 5.41) is 7.63. The molecular formula is C25H32ClFN6. The van der Waals surface area contributed by atoms with Crippen molar-refractivity contribution in [1.29, 1.82) is 0 Å². The number of aryl methyl sites for hydroxylation is 2. The van der Waals surface area contributed by atoms with Crippen molar-refractivity contribution in [3.63, 3.8) is 0 Å². The predicted octanol–water partition coefficient (Wildman–Crippen LogP) is 3.88. The maximum atomic E-state index is 14.3. The highest BCUT2D eigenvalue weighted by atomic mass is 35.5. The van der Waals surface area contributed by atoms with Crippen molar-refractivity contribution >= 4 is 34.3 Å². The highest BCUT2D eigenvalue weighted by Crippen LogP contribution is 2.34. The molecule has 5 rings (SSSR count). The molecule has 0 bridgehead atoms. The predicted molar refractivity (Wildman–Crippen MR) is 134 cm³/mol. The maximum Gasteiger partial charge on any atom is 0.204 e. The number of rotatable bonds is 6. The summed E-state index contributed by atoms with van der Waals surface area (Å²) in [6.07, 6.45) is 0. The lowest BCUT2D eigenvalue weighted by molar-refractivity contribution is 0.313. The van der Waals surface area contributed by atoms with Crippen LogP contribution in [0.1, 0.15) is 16.7 Å². The van der Waals surface area contributed by atoms with Crippen molar-refractivity contribution in [3.05, 3.63) is 51.8 Å². The third-order valence-corrected chi connectivity index (χ3v) is 7.11. The summed E-state index contributed by atoms with van der Waals surface area (Å²) in [4.78, 5) is 9.81. The smallest absolute Gasteiger partial charge is 0.204 e. The van der Waals surface area contributed by atoms with E-state index in [0.717, 1.165) is 74.0 Å². The van der Waals surface area contributed by atoms with Crippen LogP contribution >= 0.6 is 11.6 Å². The number of fused-ring (bicyclic) bond motifs is 1. The molecule has 0 aliphatic carbocycles. The molecule has 0 atom stereocenters. The van der Waals surface area contributed by atoms with Gasteiger partial charge >= 0.3 is 0 Å². The number of hydrogen-bond acceptors (Lipinski definition) is 5. The zero-order valence-corrected chi connectivity index (χ0v) is 20.3. The number of imidazole rings is 1. The Morgan fingerprint density at radius 2 is 1.79 bits per heavy atom. The largest absolute Gasteiger partial charge is 0.367 e. The van der Waals surface area contributed by atoms with E-state index in [0.29, 0.717) is 28.6 Å². The third kappa shape index (κ3) is 4.54. The fourth-order valence-electron chi connectivity index (χ4n) is 4.79. The zero-order chi connectivity index (χ0) is 23.1. The number of piperazine rings is 1. The molecule has 0 spiro atoms. The molecule has 0 unspecified atom stereocenters. The first-order valence-electron chi connectivity index (χ1n) is 11.7. The number of benzene rings is 2. The van der Waals surface area contributed by atoms with E-state index in [1.54, 1.807) is 0 Å². The Bertz CT molecular complexity index is 1140. The van der Waals surface area contributed by atoms with E-state index in [4.69, 9.17) is 16.6 Å². The van der Waals surface area contributed by atoms with Gasteiger partial charge in [0, 0.05) is 56.8 Å². The van der Waals surface area contributed by atoms with E-state index >= 15 is 0 Å².